The summed E-state index contributed by atoms with van der Waals surface area (Å²) in [7, 11) is -2.28. The minimum Gasteiger partial charge on any atom is -0.497 e. The molecule has 2 aromatic rings. The van der Waals surface area contributed by atoms with Gasteiger partial charge in [0.05, 0.1) is 36.4 Å². The average Bonchev–Trinajstić information content (AvgIpc) is 3.29. The third kappa shape index (κ3) is 6.21. The highest BCUT2D eigenvalue weighted by atomic mass is 32.2. The Balaban J connectivity index is 1.72. The van der Waals surface area contributed by atoms with Crippen LogP contribution in [-0.2, 0) is 19.6 Å². The van der Waals surface area contributed by atoms with Gasteiger partial charge in [-0.3, -0.25) is 13.9 Å². The second-order valence-electron chi connectivity index (χ2n) is 7.41. The Bertz CT molecular complexity index is 1070. The molecular weight excluding hydrogens is 434 g/mol. The molecule has 3 rings (SSSR count). The predicted octanol–water partition coefficient (Wildman–Crippen LogP) is 2.01. The van der Waals surface area contributed by atoms with Crippen LogP contribution in [0.2, 0.25) is 0 Å². The SMILES string of the molecule is COc1cccc(N(CC(=O)Nc2ccccc2C(=O)NC[C@@H]2CCCO2)S(C)(=O)=O)c1. The van der Waals surface area contributed by atoms with Crippen molar-refractivity contribution in [2.75, 3.05) is 42.7 Å². The second kappa shape index (κ2) is 10.5. The Kier molecular flexibility index (Phi) is 7.70. The number of para-hydroxylation sites is 1. The molecule has 0 saturated carbocycles. The normalized spacial score (nSPS) is 15.8. The first-order chi connectivity index (χ1) is 15.3. The summed E-state index contributed by atoms with van der Waals surface area (Å²) in [4.78, 5) is 25.4. The van der Waals surface area contributed by atoms with E-state index in [0.717, 1.165) is 23.4 Å². The van der Waals surface area contributed by atoms with Crippen LogP contribution in [-0.4, -0.2) is 59.4 Å². The molecule has 1 atom stereocenters. The van der Waals surface area contributed by atoms with E-state index in [9.17, 15) is 18.0 Å². The van der Waals surface area contributed by atoms with Crippen LogP contribution in [0.25, 0.3) is 0 Å². The van der Waals surface area contributed by atoms with Gasteiger partial charge in [-0.05, 0) is 37.1 Å². The van der Waals surface area contributed by atoms with Gasteiger partial charge in [-0.2, -0.15) is 0 Å². The molecule has 0 unspecified atom stereocenters. The molecule has 0 spiro atoms. The minimum atomic E-state index is -3.75. The quantitative estimate of drug-likeness (QED) is 0.591. The van der Waals surface area contributed by atoms with Crippen molar-refractivity contribution in [2.24, 2.45) is 0 Å². The van der Waals surface area contributed by atoms with E-state index in [1.165, 1.54) is 13.2 Å². The lowest BCUT2D eigenvalue weighted by Crippen LogP contribution is -2.38. The molecule has 10 heteroatoms. The number of hydrogen-bond acceptors (Lipinski definition) is 6. The largest absolute Gasteiger partial charge is 0.497 e. The monoisotopic (exact) mass is 461 g/mol. The molecule has 0 radical (unpaired) electrons. The third-order valence-electron chi connectivity index (χ3n) is 4.99. The molecule has 1 heterocycles. The smallest absolute Gasteiger partial charge is 0.253 e. The maximum absolute atomic E-state index is 12.7. The Hall–Kier alpha value is -3.11. The van der Waals surface area contributed by atoms with E-state index in [-0.39, 0.29) is 17.6 Å². The molecule has 1 fully saturated rings. The average molecular weight is 462 g/mol. The Morgan fingerprint density at radius 2 is 1.97 bits per heavy atom. The summed E-state index contributed by atoms with van der Waals surface area (Å²) in [6, 6.07) is 13.0. The summed E-state index contributed by atoms with van der Waals surface area (Å²) < 4.78 is 36.3. The van der Waals surface area contributed by atoms with E-state index in [2.05, 4.69) is 10.6 Å². The van der Waals surface area contributed by atoms with Gasteiger partial charge in [0.15, 0.2) is 0 Å². The van der Waals surface area contributed by atoms with E-state index < -0.39 is 22.5 Å². The van der Waals surface area contributed by atoms with E-state index in [1.54, 1.807) is 42.5 Å². The molecule has 2 N–H and O–H groups in total. The number of anilines is 2. The Labute approximate surface area is 187 Å². The number of rotatable bonds is 9. The summed E-state index contributed by atoms with van der Waals surface area (Å²) in [6.07, 6.45) is 2.88. The Morgan fingerprint density at radius 3 is 2.66 bits per heavy atom. The van der Waals surface area contributed by atoms with Crippen molar-refractivity contribution in [1.82, 2.24) is 5.32 Å². The number of hydrogen-bond donors (Lipinski definition) is 2. The molecular formula is C22H27N3O6S. The molecule has 0 aliphatic carbocycles. The van der Waals surface area contributed by atoms with Gasteiger partial charge in [0.2, 0.25) is 15.9 Å². The molecule has 0 aromatic heterocycles. The number of ether oxygens (including phenoxy) is 2. The van der Waals surface area contributed by atoms with Crippen LogP contribution in [0, 0.1) is 0 Å². The van der Waals surface area contributed by atoms with Crippen molar-refractivity contribution in [2.45, 2.75) is 18.9 Å². The standard InChI is InChI=1S/C22H27N3O6S/c1-30-17-8-5-7-16(13-17)25(32(2,28)29)15-21(26)24-20-11-4-3-10-19(20)22(27)23-14-18-9-6-12-31-18/h3-5,7-8,10-11,13,18H,6,9,12,14-15H2,1-2H3,(H,23,27)(H,24,26)/t18-/m0/s1. The molecule has 9 nitrogen and oxygen atoms in total. The van der Waals surface area contributed by atoms with E-state index in [1.807, 2.05) is 0 Å². The molecule has 2 amide bonds. The number of benzene rings is 2. The van der Waals surface area contributed by atoms with Crippen LogP contribution in [0.1, 0.15) is 23.2 Å². The van der Waals surface area contributed by atoms with Gasteiger partial charge in [0.25, 0.3) is 5.91 Å². The van der Waals surface area contributed by atoms with Crippen molar-refractivity contribution in [3.63, 3.8) is 0 Å². The third-order valence-corrected chi connectivity index (χ3v) is 6.13. The van der Waals surface area contributed by atoms with E-state index in [4.69, 9.17) is 9.47 Å². The predicted molar refractivity (Wildman–Crippen MR) is 122 cm³/mol. The van der Waals surface area contributed by atoms with Crippen LogP contribution < -0.4 is 19.7 Å². The zero-order chi connectivity index (χ0) is 23.1. The first-order valence-corrected chi connectivity index (χ1v) is 12.0. The fourth-order valence-corrected chi connectivity index (χ4v) is 4.23. The molecule has 1 saturated heterocycles. The summed E-state index contributed by atoms with van der Waals surface area (Å²) in [5.74, 6) is -0.466. The highest BCUT2D eigenvalue weighted by molar-refractivity contribution is 7.92. The maximum atomic E-state index is 12.7. The van der Waals surface area contributed by atoms with Crippen LogP contribution >= 0.6 is 0 Å². The number of carbonyl (C=O) groups excluding carboxylic acids is 2. The van der Waals surface area contributed by atoms with Crippen molar-refractivity contribution in [3.8, 4) is 5.75 Å². The topological polar surface area (TPSA) is 114 Å². The fourth-order valence-electron chi connectivity index (χ4n) is 3.38. The number of carbonyl (C=O) groups is 2. The van der Waals surface area contributed by atoms with Gasteiger partial charge in [-0.25, -0.2) is 8.42 Å². The molecule has 2 aromatic carbocycles. The van der Waals surface area contributed by atoms with Gasteiger partial charge in [0.1, 0.15) is 12.3 Å². The first kappa shape index (κ1) is 23.6. The lowest BCUT2D eigenvalue weighted by Gasteiger charge is -2.22. The van der Waals surface area contributed by atoms with Gasteiger partial charge >= 0.3 is 0 Å². The van der Waals surface area contributed by atoms with E-state index in [0.29, 0.717) is 30.3 Å². The van der Waals surface area contributed by atoms with Gasteiger partial charge in [0, 0.05) is 19.2 Å². The van der Waals surface area contributed by atoms with Crippen LogP contribution in [0.4, 0.5) is 11.4 Å². The van der Waals surface area contributed by atoms with Crippen LogP contribution in [0.15, 0.2) is 48.5 Å². The molecule has 0 bridgehead atoms. The van der Waals surface area contributed by atoms with E-state index >= 15 is 0 Å². The van der Waals surface area contributed by atoms with Gasteiger partial charge < -0.3 is 20.1 Å². The highest BCUT2D eigenvalue weighted by Crippen LogP contribution is 2.23. The van der Waals surface area contributed by atoms with Crippen LogP contribution in [0.5, 0.6) is 5.75 Å². The minimum absolute atomic E-state index is 0.00751. The summed E-state index contributed by atoms with van der Waals surface area (Å²) >= 11 is 0. The highest BCUT2D eigenvalue weighted by Gasteiger charge is 2.23. The lowest BCUT2D eigenvalue weighted by atomic mass is 10.1. The fraction of sp³-hybridized carbons (Fsp3) is 0.364. The number of amides is 2. The Morgan fingerprint density at radius 1 is 1.19 bits per heavy atom. The van der Waals surface area contributed by atoms with Crippen molar-refractivity contribution >= 4 is 33.2 Å². The summed E-state index contributed by atoms with van der Waals surface area (Å²) in [5.41, 5.74) is 0.872. The molecule has 172 valence electrons. The molecule has 1 aliphatic rings. The van der Waals surface area contributed by atoms with Crippen molar-refractivity contribution in [1.29, 1.82) is 0 Å². The number of methoxy groups -OCH3 is 1. The molecule has 1 aliphatic heterocycles. The number of sulfonamides is 1. The van der Waals surface area contributed by atoms with Crippen molar-refractivity contribution in [3.05, 3.63) is 54.1 Å². The van der Waals surface area contributed by atoms with Crippen LogP contribution in [0.3, 0.4) is 0 Å². The number of nitrogens with zero attached hydrogens (tertiary/aromatic N) is 1. The van der Waals surface area contributed by atoms with Gasteiger partial charge in [-0.1, -0.05) is 18.2 Å². The zero-order valence-electron chi connectivity index (χ0n) is 18.0. The number of nitrogens with one attached hydrogen (secondary N) is 2. The summed E-state index contributed by atoms with van der Waals surface area (Å²) in [5, 5.41) is 5.47. The van der Waals surface area contributed by atoms with Gasteiger partial charge in [-0.15, -0.1) is 0 Å². The zero-order valence-corrected chi connectivity index (χ0v) is 18.9. The van der Waals surface area contributed by atoms with Crippen molar-refractivity contribution < 1.29 is 27.5 Å². The second-order valence-corrected chi connectivity index (χ2v) is 9.32. The molecule has 32 heavy (non-hydrogen) atoms. The first-order valence-electron chi connectivity index (χ1n) is 10.2. The lowest BCUT2D eigenvalue weighted by molar-refractivity contribution is -0.114. The summed E-state index contributed by atoms with van der Waals surface area (Å²) in [6.45, 7) is 0.619. The maximum Gasteiger partial charge on any atom is 0.253 e.